The summed E-state index contributed by atoms with van der Waals surface area (Å²) in [5.41, 5.74) is 8.41. The molecule has 0 saturated carbocycles. The highest BCUT2D eigenvalue weighted by atomic mass is 15.1. The van der Waals surface area contributed by atoms with Crippen LogP contribution in [0.2, 0.25) is 0 Å². The number of rotatable bonds is 2. The summed E-state index contributed by atoms with van der Waals surface area (Å²) in [5, 5.41) is 8.93. The van der Waals surface area contributed by atoms with E-state index in [1.54, 1.807) is 12.3 Å². The van der Waals surface area contributed by atoms with Crippen molar-refractivity contribution in [3.8, 4) is 11.8 Å². The highest BCUT2D eigenvalue weighted by Gasteiger charge is 2.11. The molecule has 0 fully saturated rings. The van der Waals surface area contributed by atoms with E-state index in [-0.39, 0.29) is 6.42 Å². The molecular weight excluding hydrogens is 238 g/mol. The first-order chi connectivity index (χ1) is 9.29. The fourth-order valence-corrected chi connectivity index (χ4v) is 2.13. The van der Waals surface area contributed by atoms with Crippen molar-refractivity contribution in [2.24, 2.45) is 0 Å². The third-order valence-corrected chi connectivity index (χ3v) is 2.89. The number of nitrogen functional groups attached to an aromatic ring is 1. The van der Waals surface area contributed by atoms with Crippen LogP contribution in [0.15, 0.2) is 42.6 Å². The van der Waals surface area contributed by atoms with E-state index in [9.17, 15) is 0 Å². The Kier molecular flexibility index (Phi) is 2.62. The molecule has 0 spiro atoms. The van der Waals surface area contributed by atoms with Gasteiger partial charge in [0.05, 0.1) is 29.2 Å². The van der Waals surface area contributed by atoms with E-state index < -0.39 is 0 Å². The lowest BCUT2D eigenvalue weighted by Gasteiger charge is -2.07. The Bertz CT molecular complexity index is 782. The topological polar surface area (TPSA) is 80.5 Å². The van der Waals surface area contributed by atoms with Crippen LogP contribution in [0.1, 0.15) is 5.82 Å². The Morgan fingerprint density at radius 3 is 2.89 bits per heavy atom. The normalized spacial score (nSPS) is 10.5. The van der Waals surface area contributed by atoms with Gasteiger partial charge in [-0.3, -0.25) is 4.57 Å². The average Bonchev–Trinajstić information content (AvgIpc) is 2.77. The number of fused-ring (bicyclic) bond motifs is 1. The first-order valence-electron chi connectivity index (χ1n) is 5.85. The number of imidazole rings is 1. The van der Waals surface area contributed by atoms with Crippen LogP contribution in [-0.2, 0) is 6.42 Å². The number of aromatic nitrogens is 3. The second-order valence-corrected chi connectivity index (χ2v) is 4.13. The monoisotopic (exact) mass is 249 g/mol. The zero-order valence-corrected chi connectivity index (χ0v) is 10.1. The van der Waals surface area contributed by atoms with Gasteiger partial charge in [-0.15, -0.1) is 0 Å². The van der Waals surface area contributed by atoms with Crippen molar-refractivity contribution >= 4 is 16.9 Å². The summed E-state index contributed by atoms with van der Waals surface area (Å²) in [4.78, 5) is 8.47. The Labute approximate surface area is 109 Å². The SMILES string of the molecule is N#CCc1nc2ccccc2n1-c1ccnc(N)c1. The summed E-state index contributed by atoms with van der Waals surface area (Å²) in [5.74, 6) is 1.15. The van der Waals surface area contributed by atoms with Gasteiger partial charge >= 0.3 is 0 Å². The Balaban J connectivity index is 2.31. The lowest BCUT2D eigenvalue weighted by Crippen LogP contribution is -2.02. The third kappa shape index (κ3) is 1.89. The van der Waals surface area contributed by atoms with E-state index in [1.165, 1.54) is 0 Å². The zero-order chi connectivity index (χ0) is 13.2. The van der Waals surface area contributed by atoms with E-state index >= 15 is 0 Å². The van der Waals surface area contributed by atoms with Crippen LogP contribution in [0, 0.1) is 11.3 Å². The Morgan fingerprint density at radius 1 is 1.26 bits per heavy atom. The van der Waals surface area contributed by atoms with E-state index in [2.05, 4.69) is 16.0 Å². The number of hydrogen-bond donors (Lipinski definition) is 1. The molecule has 19 heavy (non-hydrogen) atoms. The summed E-state index contributed by atoms with van der Waals surface area (Å²) in [6.07, 6.45) is 1.90. The molecule has 92 valence electrons. The lowest BCUT2D eigenvalue weighted by atomic mass is 10.3. The van der Waals surface area contributed by atoms with E-state index in [1.807, 2.05) is 34.9 Å². The minimum absolute atomic E-state index is 0.247. The van der Waals surface area contributed by atoms with Crippen molar-refractivity contribution in [2.75, 3.05) is 5.73 Å². The van der Waals surface area contributed by atoms with Crippen LogP contribution in [0.3, 0.4) is 0 Å². The minimum atomic E-state index is 0.247. The fraction of sp³-hybridized carbons (Fsp3) is 0.0714. The highest BCUT2D eigenvalue weighted by Crippen LogP contribution is 2.22. The maximum absolute atomic E-state index is 8.93. The summed E-state index contributed by atoms with van der Waals surface area (Å²) < 4.78 is 1.94. The summed E-state index contributed by atoms with van der Waals surface area (Å²) in [7, 11) is 0. The van der Waals surface area contributed by atoms with Crippen molar-refractivity contribution in [1.82, 2.24) is 14.5 Å². The van der Waals surface area contributed by atoms with Crippen molar-refractivity contribution in [3.05, 3.63) is 48.4 Å². The molecule has 1 aromatic carbocycles. The van der Waals surface area contributed by atoms with Crippen LogP contribution in [0.25, 0.3) is 16.7 Å². The number of nitrogens with two attached hydrogens (primary N) is 1. The van der Waals surface area contributed by atoms with Gasteiger partial charge in [0.1, 0.15) is 11.6 Å². The Morgan fingerprint density at radius 2 is 2.11 bits per heavy atom. The van der Waals surface area contributed by atoms with Crippen LogP contribution in [-0.4, -0.2) is 14.5 Å². The van der Waals surface area contributed by atoms with Crippen LogP contribution in [0.4, 0.5) is 5.82 Å². The second kappa shape index (κ2) is 4.42. The van der Waals surface area contributed by atoms with Gasteiger partial charge in [-0.2, -0.15) is 5.26 Å². The number of pyridine rings is 1. The zero-order valence-electron chi connectivity index (χ0n) is 10.1. The molecular formula is C14H11N5. The van der Waals surface area contributed by atoms with Gasteiger partial charge in [-0.25, -0.2) is 9.97 Å². The molecule has 2 heterocycles. The summed E-state index contributed by atoms with van der Waals surface area (Å²) in [6.45, 7) is 0. The van der Waals surface area contributed by atoms with Crippen molar-refractivity contribution in [1.29, 1.82) is 5.26 Å². The quantitative estimate of drug-likeness (QED) is 0.753. The maximum atomic E-state index is 8.93. The van der Waals surface area contributed by atoms with Crippen molar-refractivity contribution < 1.29 is 0 Å². The van der Waals surface area contributed by atoms with Gasteiger partial charge < -0.3 is 5.73 Å². The smallest absolute Gasteiger partial charge is 0.128 e. The highest BCUT2D eigenvalue weighted by molar-refractivity contribution is 5.78. The second-order valence-electron chi connectivity index (χ2n) is 4.13. The third-order valence-electron chi connectivity index (χ3n) is 2.89. The number of para-hydroxylation sites is 2. The molecule has 0 aliphatic carbocycles. The lowest BCUT2D eigenvalue weighted by molar-refractivity contribution is 0.952. The van der Waals surface area contributed by atoms with Crippen LogP contribution in [0.5, 0.6) is 0 Å². The maximum Gasteiger partial charge on any atom is 0.128 e. The molecule has 0 aliphatic heterocycles. The molecule has 0 unspecified atom stereocenters. The Hall–Kier alpha value is -2.87. The average molecular weight is 249 g/mol. The molecule has 0 saturated heterocycles. The van der Waals surface area contributed by atoms with Crippen LogP contribution >= 0.6 is 0 Å². The molecule has 3 rings (SSSR count). The van der Waals surface area contributed by atoms with E-state index in [0.717, 1.165) is 16.7 Å². The number of benzene rings is 1. The van der Waals surface area contributed by atoms with Crippen molar-refractivity contribution in [3.63, 3.8) is 0 Å². The molecule has 2 aromatic heterocycles. The van der Waals surface area contributed by atoms with Gasteiger partial charge in [-0.1, -0.05) is 12.1 Å². The van der Waals surface area contributed by atoms with Gasteiger partial charge in [0.2, 0.25) is 0 Å². The molecule has 0 bridgehead atoms. The van der Waals surface area contributed by atoms with Crippen molar-refractivity contribution in [2.45, 2.75) is 6.42 Å². The molecule has 0 aliphatic rings. The first-order valence-corrected chi connectivity index (χ1v) is 5.85. The largest absolute Gasteiger partial charge is 0.384 e. The number of anilines is 1. The van der Waals surface area contributed by atoms with Crippen LogP contribution < -0.4 is 5.73 Å². The predicted molar refractivity (Wildman–Crippen MR) is 72.6 cm³/mol. The molecule has 0 amide bonds. The number of nitrogens with zero attached hydrogens (tertiary/aromatic N) is 4. The van der Waals surface area contributed by atoms with E-state index in [0.29, 0.717) is 11.6 Å². The predicted octanol–water partition coefficient (Wildman–Crippen LogP) is 2.07. The summed E-state index contributed by atoms with van der Waals surface area (Å²) in [6, 6.07) is 13.5. The molecule has 5 heteroatoms. The number of nitriles is 1. The molecule has 3 aromatic rings. The van der Waals surface area contributed by atoms with E-state index in [4.69, 9.17) is 11.0 Å². The van der Waals surface area contributed by atoms with Gasteiger partial charge in [-0.05, 0) is 18.2 Å². The van der Waals surface area contributed by atoms with Gasteiger partial charge in [0, 0.05) is 12.3 Å². The molecule has 2 N–H and O–H groups in total. The first kappa shape index (κ1) is 11.2. The molecule has 5 nitrogen and oxygen atoms in total. The standard InChI is InChI=1S/C14H11N5/c15-7-5-14-18-11-3-1-2-4-12(11)19(14)10-6-8-17-13(16)9-10/h1-4,6,8-9H,5H2,(H2,16,17). The number of hydrogen-bond acceptors (Lipinski definition) is 4. The minimum Gasteiger partial charge on any atom is -0.384 e. The molecule has 0 atom stereocenters. The fourth-order valence-electron chi connectivity index (χ4n) is 2.13. The molecule has 0 radical (unpaired) electrons. The summed E-state index contributed by atoms with van der Waals surface area (Å²) >= 11 is 0. The van der Waals surface area contributed by atoms with Gasteiger partial charge in [0.15, 0.2) is 0 Å². The van der Waals surface area contributed by atoms with Gasteiger partial charge in [0.25, 0.3) is 0 Å².